The van der Waals surface area contributed by atoms with Crippen molar-refractivity contribution in [2.24, 2.45) is 11.7 Å². The summed E-state index contributed by atoms with van der Waals surface area (Å²) in [5, 5.41) is 3.02. The first-order valence-electron chi connectivity index (χ1n) is 8.76. The lowest BCUT2D eigenvalue weighted by Gasteiger charge is -2.11. The number of carbonyl (C=O) groups excluding carboxylic acids is 1. The van der Waals surface area contributed by atoms with Crippen LogP contribution in [0.5, 0.6) is 0 Å². The second kappa shape index (κ2) is 6.69. The minimum absolute atomic E-state index is 0.0739. The molecule has 4 N–H and O–H groups in total. The fourth-order valence-corrected chi connectivity index (χ4v) is 3.46. The highest BCUT2D eigenvalue weighted by Gasteiger charge is 2.27. The minimum atomic E-state index is 0.0739. The van der Waals surface area contributed by atoms with Crippen LogP contribution in [-0.2, 0) is 11.3 Å². The van der Waals surface area contributed by atoms with Crippen LogP contribution in [0.4, 0.5) is 0 Å². The van der Waals surface area contributed by atoms with Gasteiger partial charge < -0.3 is 16.0 Å². The number of hydrogen-bond donors (Lipinski definition) is 3. The van der Waals surface area contributed by atoms with Gasteiger partial charge in [-0.2, -0.15) is 0 Å². The molecule has 1 aliphatic carbocycles. The van der Waals surface area contributed by atoms with Gasteiger partial charge >= 0.3 is 0 Å². The van der Waals surface area contributed by atoms with Crippen LogP contribution in [0.25, 0.3) is 22.4 Å². The van der Waals surface area contributed by atoms with Crippen LogP contribution < -0.4 is 11.1 Å². The van der Waals surface area contributed by atoms with E-state index in [0.29, 0.717) is 6.54 Å². The summed E-state index contributed by atoms with van der Waals surface area (Å²) in [6, 6.07) is 16.3. The average Bonchev–Trinajstić information content (AvgIpc) is 3.26. The maximum absolute atomic E-state index is 12.2. The molecule has 2 unspecified atom stereocenters. The molecule has 0 bridgehead atoms. The first kappa shape index (κ1) is 15.8. The number of fused-ring (bicyclic) bond motifs is 1. The van der Waals surface area contributed by atoms with E-state index in [1.54, 1.807) is 0 Å². The Labute approximate surface area is 146 Å². The number of imidazole rings is 1. The second-order valence-corrected chi connectivity index (χ2v) is 6.79. The lowest BCUT2D eigenvalue weighted by Crippen LogP contribution is -2.29. The van der Waals surface area contributed by atoms with Crippen molar-refractivity contribution in [1.29, 1.82) is 0 Å². The monoisotopic (exact) mass is 334 g/mol. The van der Waals surface area contributed by atoms with E-state index in [4.69, 9.17) is 5.73 Å². The standard InChI is InChI=1S/C20H22N4O/c21-16-10-9-15(11-16)20(25)22-12-13-5-7-14(8-6-13)19-23-17-3-1-2-4-18(17)24-19/h1-8,15-16H,9-12,21H2,(H,22,25)(H,23,24). The van der Waals surface area contributed by atoms with Crippen molar-refractivity contribution in [2.45, 2.75) is 31.8 Å². The number of aromatic amines is 1. The number of carbonyl (C=O) groups is 1. The second-order valence-electron chi connectivity index (χ2n) is 6.79. The van der Waals surface area contributed by atoms with Gasteiger partial charge in [0.25, 0.3) is 0 Å². The van der Waals surface area contributed by atoms with Crippen molar-refractivity contribution in [2.75, 3.05) is 0 Å². The molecule has 1 amide bonds. The molecule has 1 heterocycles. The van der Waals surface area contributed by atoms with E-state index in [9.17, 15) is 4.79 Å². The Morgan fingerprint density at radius 3 is 2.68 bits per heavy atom. The van der Waals surface area contributed by atoms with Crippen LogP contribution in [0.1, 0.15) is 24.8 Å². The number of nitrogens with two attached hydrogens (primary N) is 1. The fraction of sp³-hybridized carbons (Fsp3) is 0.300. The van der Waals surface area contributed by atoms with Crippen LogP contribution in [-0.4, -0.2) is 21.9 Å². The Balaban J connectivity index is 1.40. The van der Waals surface area contributed by atoms with Crippen LogP contribution in [0.15, 0.2) is 48.5 Å². The number of nitrogens with one attached hydrogen (secondary N) is 2. The van der Waals surface area contributed by atoms with Gasteiger partial charge in [-0.25, -0.2) is 4.98 Å². The third-order valence-corrected chi connectivity index (χ3v) is 4.93. The summed E-state index contributed by atoms with van der Waals surface area (Å²) in [7, 11) is 0. The summed E-state index contributed by atoms with van der Waals surface area (Å²) in [5.41, 5.74) is 9.99. The molecular weight excluding hydrogens is 312 g/mol. The van der Waals surface area contributed by atoms with E-state index in [1.807, 2.05) is 48.5 Å². The zero-order chi connectivity index (χ0) is 17.2. The summed E-state index contributed by atoms with van der Waals surface area (Å²) >= 11 is 0. The number of rotatable bonds is 4. The topological polar surface area (TPSA) is 83.8 Å². The molecule has 2 aromatic carbocycles. The van der Waals surface area contributed by atoms with Crippen molar-refractivity contribution in [3.8, 4) is 11.4 Å². The lowest BCUT2D eigenvalue weighted by atomic mass is 10.1. The van der Waals surface area contributed by atoms with E-state index < -0.39 is 0 Å². The molecule has 1 fully saturated rings. The van der Waals surface area contributed by atoms with E-state index in [2.05, 4.69) is 15.3 Å². The summed E-state index contributed by atoms with van der Waals surface area (Å²) in [6.45, 7) is 0.547. The number of hydrogen-bond acceptors (Lipinski definition) is 3. The van der Waals surface area contributed by atoms with Crippen LogP contribution in [0, 0.1) is 5.92 Å². The Hall–Kier alpha value is -2.66. The zero-order valence-corrected chi connectivity index (χ0v) is 14.0. The quantitative estimate of drug-likeness (QED) is 0.686. The first-order chi connectivity index (χ1) is 12.2. The molecule has 0 saturated heterocycles. The zero-order valence-electron chi connectivity index (χ0n) is 14.0. The normalized spacial score (nSPS) is 20.0. The first-order valence-corrected chi connectivity index (χ1v) is 8.76. The van der Waals surface area contributed by atoms with Crippen LogP contribution in [0.3, 0.4) is 0 Å². The van der Waals surface area contributed by atoms with Gasteiger partial charge in [-0.15, -0.1) is 0 Å². The third kappa shape index (κ3) is 3.42. The van der Waals surface area contributed by atoms with E-state index in [0.717, 1.165) is 47.2 Å². The summed E-state index contributed by atoms with van der Waals surface area (Å²) < 4.78 is 0. The number of para-hydroxylation sites is 2. The van der Waals surface area contributed by atoms with Gasteiger partial charge in [0, 0.05) is 24.1 Å². The molecule has 0 aliphatic heterocycles. The van der Waals surface area contributed by atoms with Gasteiger partial charge in [-0.3, -0.25) is 4.79 Å². The van der Waals surface area contributed by atoms with Gasteiger partial charge in [-0.1, -0.05) is 36.4 Å². The Kier molecular flexibility index (Phi) is 4.24. The molecule has 5 nitrogen and oxygen atoms in total. The van der Waals surface area contributed by atoms with Gasteiger partial charge in [0.05, 0.1) is 11.0 Å². The van der Waals surface area contributed by atoms with Gasteiger partial charge in [0.1, 0.15) is 5.82 Å². The van der Waals surface area contributed by atoms with Crippen molar-refractivity contribution in [3.05, 3.63) is 54.1 Å². The number of benzene rings is 2. The number of H-pyrrole nitrogens is 1. The summed E-state index contributed by atoms with van der Waals surface area (Å²) in [5.74, 6) is 1.05. The number of aromatic nitrogens is 2. The van der Waals surface area contributed by atoms with Crippen LogP contribution >= 0.6 is 0 Å². The molecule has 0 radical (unpaired) electrons. The SMILES string of the molecule is NC1CCC(C(=O)NCc2ccc(-c3nc4ccccc4[nH]3)cc2)C1. The Morgan fingerprint density at radius 2 is 1.96 bits per heavy atom. The highest BCUT2D eigenvalue weighted by atomic mass is 16.1. The summed E-state index contributed by atoms with van der Waals surface area (Å²) in [4.78, 5) is 20.1. The predicted molar refractivity (Wildman–Crippen MR) is 98.7 cm³/mol. The molecule has 5 heteroatoms. The van der Waals surface area contributed by atoms with Crippen LogP contribution in [0.2, 0.25) is 0 Å². The van der Waals surface area contributed by atoms with Crippen molar-refractivity contribution in [3.63, 3.8) is 0 Å². The molecule has 1 saturated carbocycles. The minimum Gasteiger partial charge on any atom is -0.352 e. The predicted octanol–water partition coefficient (Wildman–Crippen LogP) is 2.97. The molecule has 25 heavy (non-hydrogen) atoms. The molecular formula is C20H22N4O. The Morgan fingerprint density at radius 1 is 1.16 bits per heavy atom. The van der Waals surface area contributed by atoms with Crippen molar-refractivity contribution < 1.29 is 4.79 Å². The molecule has 0 spiro atoms. The lowest BCUT2D eigenvalue weighted by molar-refractivity contribution is -0.125. The number of nitrogens with zero attached hydrogens (tertiary/aromatic N) is 1. The molecule has 4 rings (SSSR count). The third-order valence-electron chi connectivity index (χ3n) is 4.93. The maximum atomic E-state index is 12.2. The van der Waals surface area contributed by atoms with E-state index in [1.165, 1.54) is 0 Å². The smallest absolute Gasteiger partial charge is 0.223 e. The molecule has 2 atom stereocenters. The maximum Gasteiger partial charge on any atom is 0.223 e. The van der Waals surface area contributed by atoms with Crippen molar-refractivity contribution in [1.82, 2.24) is 15.3 Å². The van der Waals surface area contributed by atoms with E-state index >= 15 is 0 Å². The molecule has 1 aromatic heterocycles. The molecule has 3 aromatic rings. The fourth-order valence-electron chi connectivity index (χ4n) is 3.46. The van der Waals surface area contributed by atoms with Gasteiger partial charge in [-0.05, 0) is 37.0 Å². The Bertz CT molecular complexity index is 851. The largest absolute Gasteiger partial charge is 0.352 e. The highest BCUT2D eigenvalue weighted by Crippen LogP contribution is 2.24. The van der Waals surface area contributed by atoms with E-state index in [-0.39, 0.29) is 17.9 Å². The number of amides is 1. The molecule has 1 aliphatic rings. The van der Waals surface area contributed by atoms with Gasteiger partial charge in [0.2, 0.25) is 5.91 Å². The van der Waals surface area contributed by atoms with Gasteiger partial charge in [0.15, 0.2) is 0 Å². The van der Waals surface area contributed by atoms with Crippen molar-refractivity contribution >= 4 is 16.9 Å². The highest BCUT2D eigenvalue weighted by molar-refractivity contribution is 5.80. The summed E-state index contributed by atoms with van der Waals surface area (Å²) in [6.07, 6.45) is 2.65. The molecule has 128 valence electrons. The average molecular weight is 334 g/mol.